The summed E-state index contributed by atoms with van der Waals surface area (Å²) in [5, 5.41) is 11.7. The highest BCUT2D eigenvalue weighted by Gasteiger charge is 2.29. The summed E-state index contributed by atoms with van der Waals surface area (Å²) in [6.45, 7) is 9.38. The lowest BCUT2D eigenvalue weighted by Gasteiger charge is -2.25. The molecule has 0 aromatic carbocycles. The summed E-state index contributed by atoms with van der Waals surface area (Å²) in [5.74, 6) is 0. The maximum Gasteiger partial charge on any atom is 0.334 e. The lowest BCUT2D eigenvalue weighted by atomic mass is 10.5. The van der Waals surface area contributed by atoms with Crippen LogP contribution in [0.15, 0.2) is 0 Å². The molecule has 0 heterocycles. The molecule has 0 aliphatic carbocycles. The van der Waals surface area contributed by atoms with E-state index in [1.54, 1.807) is 0 Å². The number of aliphatic hydroxyl groups excluding tert-OH is 1. The zero-order chi connectivity index (χ0) is 11.6. The first-order valence-electron chi connectivity index (χ1n) is 5.78. The molecule has 0 radical (unpaired) electrons. The Morgan fingerprint density at radius 2 is 1.73 bits per heavy atom. The van der Waals surface area contributed by atoms with Crippen molar-refractivity contribution >= 4 is 8.56 Å². The van der Waals surface area contributed by atoms with Gasteiger partial charge >= 0.3 is 8.56 Å². The molecule has 0 spiro atoms. The Bertz CT molecular complexity index is 141. The first-order valence-corrected chi connectivity index (χ1v) is 8.30. The molecule has 0 bridgehead atoms. The minimum Gasteiger partial charge on any atom is -0.395 e. The minimum absolute atomic E-state index is 0.200. The second-order valence-corrected chi connectivity index (χ2v) is 6.92. The fourth-order valence-corrected chi connectivity index (χ4v) is 3.95. The standard InChI is InChI=1S/C10H25NO3Si/c1-4-13-15(3,14-5-2)10-6-7-11-8-9-12/h11-12H,4-10H2,1-3H3. The van der Waals surface area contributed by atoms with E-state index in [1.807, 2.05) is 13.8 Å². The predicted molar refractivity (Wildman–Crippen MR) is 64.2 cm³/mol. The average Bonchev–Trinajstić information content (AvgIpc) is 2.18. The van der Waals surface area contributed by atoms with E-state index >= 15 is 0 Å². The van der Waals surface area contributed by atoms with Gasteiger partial charge in [0.15, 0.2) is 0 Å². The van der Waals surface area contributed by atoms with E-state index in [0.717, 1.165) is 32.2 Å². The third-order valence-electron chi connectivity index (χ3n) is 2.17. The number of hydrogen-bond donors (Lipinski definition) is 2. The first-order chi connectivity index (χ1) is 7.18. The fraction of sp³-hybridized carbons (Fsp3) is 1.00. The number of rotatable bonds is 10. The zero-order valence-corrected chi connectivity index (χ0v) is 11.2. The summed E-state index contributed by atoms with van der Waals surface area (Å²) in [5.41, 5.74) is 0. The highest BCUT2D eigenvalue weighted by Crippen LogP contribution is 2.15. The molecule has 4 nitrogen and oxygen atoms in total. The van der Waals surface area contributed by atoms with Crippen LogP contribution in [0.2, 0.25) is 12.6 Å². The van der Waals surface area contributed by atoms with E-state index in [9.17, 15) is 0 Å². The van der Waals surface area contributed by atoms with Gasteiger partial charge in [0, 0.05) is 19.8 Å². The molecule has 0 unspecified atom stereocenters. The average molecular weight is 235 g/mol. The van der Waals surface area contributed by atoms with E-state index in [0.29, 0.717) is 6.54 Å². The van der Waals surface area contributed by atoms with Crippen molar-refractivity contribution < 1.29 is 14.0 Å². The Labute approximate surface area is 94.2 Å². The van der Waals surface area contributed by atoms with Crippen LogP contribution >= 0.6 is 0 Å². The lowest BCUT2D eigenvalue weighted by molar-refractivity contribution is 0.188. The summed E-state index contributed by atoms with van der Waals surface area (Å²) in [6.07, 6.45) is 1.04. The Morgan fingerprint density at radius 3 is 2.20 bits per heavy atom. The molecule has 0 saturated carbocycles. The van der Waals surface area contributed by atoms with Crippen molar-refractivity contribution in [2.45, 2.75) is 32.9 Å². The molecule has 0 amide bonds. The maximum atomic E-state index is 8.59. The van der Waals surface area contributed by atoms with Gasteiger partial charge in [-0.1, -0.05) is 0 Å². The number of hydrogen-bond acceptors (Lipinski definition) is 4. The molecule has 5 heteroatoms. The molecular weight excluding hydrogens is 210 g/mol. The monoisotopic (exact) mass is 235 g/mol. The van der Waals surface area contributed by atoms with Crippen molar-refractivity contribution in [3.8, 4) is 0 Å². The Kier molecular flexibility index (Phi) is 9.33. The Hall–Kier alpha value is 0.0569. The van der Waals surface area contributed by atoms with E-state index in [1.165, 1.54) is 0 Å². The summed E-state index contributed by atoms with van der Waals surface area (Å²) < 4.78 is 11.4. The van der Waals surface area contributed by atoms with Gasteiger partial charge in [0.05, 0.1) is 6.61 Å². The van der Waals surface area contributed by atoms with Gasteiger partial charge in [-0.15, -0.1) is 0 Å². The molecular formula is C10H25NO3Si. The molecule has 0 atom stereocenters. The van der Waals surface area contributed by atoms with Gasteiger partial charge in [-0.3, -0.25) is 0 Å². The topological polar surface area (TPSA) is 50.7 Å². The van der Waals surface area contributed by atoms with Crippen LogP contribution in [0.3, 0.4) is 0 Å². The Morgan fingerprint density at radius 1 is 1.13 bits per heavy atom. The van der Waals surface area contributed by atoms with Crippen LogP contribution < -0.4 is 5.32 Å². The minimum atomic E-state index is -1.91. The summed E-state index contributed by atoms with van der Waals surface area (Å²) >= 11 is 0. The van der Waals surface area contributed by atoms with E-state index < -0.39 is 8.56 Å². The molecule has 0 aliphatic rings. The van der Waals surface area contributed by atoms with Crippen molar-refractivity contribution in [3.63, 3.8) is 0 Å². The van der Waals surface area contributed by atoms with Crippen molar-refractivity contribution in [3.05, 3.63) is 0 Å². The van der Waals surface area contributed by atoms with Gasteiger partial charge in [0.1, 0.15) is 0 Å². The highest BCUT2D eigenvalue weighted by atomic mass is 28.4. The third-order valence-corrected chi connectivity index (χ3v) is 5.23. The molecule has 0 fully saturated rings. The molecule has 0 rings (SSSR count). The molecule has 92 valence electrons. The van der Waals surface area contributed by atoms with Crippen molar-refractivity contribution in [2.24, 2.45) is 0 Å². The van der Waals surface area contributed by atoms with Crippen LogP contribution in [-0.4, -0.2) is 46.6 Å². The van der Waals surface area contributed by atoms with Gasteiger partial charge in [-0.25, -0.2) is 0 Å². The highest BCUT2D eigenvalue weighted by molar-refractivity contribution is 6.66. The maximum absolute atomic E-state index is 8.59. The smallest absolute Gasteiger partial charge is 0.334 e. The molecule has 0 aliphatic heterocycles. The zero-order valence-electron chi connectivity index (χ0n) is 10.2. The lowest BCUT2D eigenvalue weighted by Crippen LogP contribution is -2.39. The number of nitrogens with one attached hydrogen (secondary N) is 1. The normalized spacial score (nSPS) is 12.0. The van der Waals surface area contributed by atoms with E-state index in [4.69, 9.17) is 14.0 Å². The van der Waals surface area contributed by atoms with Gasteiger partial charge in [-0.2, -0.15) is 0 Å². The quantitative estimate of drug-likeness (QED) is 0.440. The van der Waals surface area contributed by atoms with Gasteiger partial charge in [-0.05, 0) is 39.4 Å². The van der Waals surface area contributed by atoms with Crippen molar-refractivity contribution in [1.82, 2.24) is 5.32 Å². The van der Waals surface area contributed by atoms with Crippen LogP contribution in [0.5, 0.6) is 0 Å². The molecule has 0 aromatic rings. The van der Waals surface area contributed by atoms with Gasteiger partial charge < -0.3 is 19.3 Å². The second-order valence-electron chi connectivity index (χ2n) is 3.58. The summed E-state index contributed by atoms with van der Waals surface area (Å²) in [7, 11) is -1.91. The van der Waals surface area contributed by atoms with Crippen LogP contribution in [-0.2, 0) is 8.85 Å². The van der Waals surface area contributed by atoms with Crippen LogP contribution in [0, 0.1) is 0 Å². The molecule has 0 saturated heterocycles. The number of aliphatic hydroxyl groups is 1. The first kappa shape index (κ1) is 15.1. The Balaban J connectivity index is 3.65. The van der Waals surface area contributed by atoms with Crippen LogP contribution in [0.4, 0.5) is 0 Å². The SMILES string of the molecule is CCO[Si](C)(CCCNCCO)OCC. The molecule has 0 aromatic heterocycles. The second kappa shape index (κ2) is 9.29. The van der Waals surface area contributed by atoms with E-state index in [2.05, 4.69) is 11.9 Å². The van der Waals surface area contributed by atoms with E-state index in [-0.39, 0.29) is 6.61 Å². The third kappa shape index (κ3) is 7.93. The fourth-order valence-electron chi connectivity index (χ4n) is 1.54. The van der Waals surface area contributed by atoms with Crippen LogP contribution in [0.1, 0.15) is 20.3 Å². The summed E-state index contributed by atoms with van der Waals surface area (Å²) in [6, 6.07) is 1.01. The van der Waals surface area contributed by atoms with Gasteiger partial charge in [0.25, 0.3) is 0 Å². The van der Waals surface area contributed by atoms with Crippen LogP contribution in [0.25, 0.3) is 0 Å². The van der Waals surface area contributed by atoms with Crippen molar-refractivity contribution in [1.29, 1.82) is 0 Å². The van der Waals surface area contributed by atoms with Gasteiger partial charge in [0.2, 0.25) is 0 Å². The van der Waals surface area contributed by atoms with Crippen molar-refractivity contribution in [2.75, 3.05) is 32.9 Å². The summed E-state index contributed by atoms with van der Waals surface area (Å²) in [4.78, 5) is 0. The molecule has 2 N–H and O–H groups in total. The molecule has 15 heavy (non-hydrogen) atoms. The predicted octanol–water partition coefficient (Wildman–Crippen LogP) is 1.10. The largest absolute Gasteiger partial charge is 0.395 e.